The second-order valence-corrected chi connectivity index (χ2v) is 3.17. The summed E-state index contributed by atoms with van der Waals surface area (Å²) in [4.78, 5) is 0. The molecule has 1 aliphatic heterocycles. The molecule has 2 rings (SSSR count). The van der Waals surface area contributed by atoms with Gasteiger partial charge in [0.25, 0.3) is 0 Å². The van der Waals surface area contributed by atoms with Crippen LogP contribution >= 0.6 is 0 Å². The molecule has 0 bridgehead atoms. The fourth-order valence-electron chi connectivity index (χ4n) is 1.74. The van der Waals surface area contributed by atoms with Crippen molar-refractivity contribution in [2.75, 3.05) is 11.9 Å². The average molecular weight is 165 g/mol. The fraction of sp³-hybridized carbons (Fsp3) is 0.400. The first-order valence-electron chi connectivity index (χ1n) is 4.29. The zero-order chi connectivity index (χ0) is 8.55. The Labute approximate surface area is 71.6 Å². The molecular weight excluding hydrogens is 153 g/mol. The first-order valence-corrected chi connectivity index (χ1v) is 4.29. The van der Waals surface area contributed by atoms with E-state index >= 15 is 0 Å². The van der Waals surface area contributed by atoms with Crippen LogP contribution in [0.5, 0.6) is 0 Å². The van der Waals surface area contributed by atoms with Crippen LogP contribution in [0.3, 0.4) is 0 Å². The number of alkyl halides is 1. The smallest absolute Gasteiger partial charge is 0.123 e. The lowest BCUT2D eigenvalue weighted by molar-refractivity contribution is 0.372. The van der Waals surface area contributed by atoms with E-state index in [1.807, 2.05) is 18.2 Å². The van der Waals surface area contributed by atoms with Gasteiger partial charge in [-0.05, 0) is 30.5 Å². The van der Waals surface area contributed by atoms with E-state index in [-0.39, 0.29) is 0 Å². The molecule has 0 spiro atoms. The van der Waals surface area contributed by atoms with Gasteiger partial charge in [0.2, 0.25) is 0 Å². The van der Waals surface area contributed by atoms with Crippen LogP contribution in [0.1, 0.15) is 24.2 Å². The lowest BCUT2D eigenvalue weighted by atomic mass is 10.0. The van der Waals surface area contributed by atoms with E-state index in [9.17, 15) is 4.39 Å². The molecule has 1 unspecified atom stereocenters. The quantitative estimate of drug-likeness (QED) is 0.674. The molecule has 1 nitrogen and oxygen atoms in total. The van der Waals surface area contributed by atoms with Crippen LogP contribution in [0.25, 0.3) is 0 Å². The third kappa shape index (κ3) is 1.07. The van der Waals surface area contributed by atoms with Crippen LogP contribution in [0.2, 0.25) is 0 Å². The minimum Gasteiger partial charge on any atom is -0.384 e. The molecule has 0 amide bonds. The number of rotatable bonds is 1. The normalized spacial score (nSPS) is 16.8. The highest BCUT2D eigenvalue weighted by molar-refractivity contribution is 5.58. The first-order chi connectivity index (χ1) is 5.79. The van der Waals surface area contributed by atoms with E-state index in [4.69, 9.17) is 0 Å². The molecule has 1 atom stereocenters. The van der Waals surface area contributed by atoms with Gasteiger partial charge in [0.05, 0.1) is 0 Å². The number of hydrogen-bond donors (Lipinski definition) is 1. The minimum atomic E-state index is -0.847. The van der Waals surface area contributed by atoms with Crippen LogP contribution in [-0.2, 0) is 6.42 Å². The Hall–Kier alpha value is -1.05. The Morgan fingerprint density at radius 2 is 2.33 bits per heavy atom. The Kier molecular flexibility index (Phi) is 1.75. The summed E-state index contributed by atoms with van der Waals surface area (Å²) >= 11 is 0. The SMILES string of the molecule is CC(F)c1cccc2c1CCN2. The third-order valence-electron chi connectivity index (χ3n) is 2.33. The third-order valence-corrected chi connectivity index (χ3v) is 2.33. The maximum Gasteiger partial charge on any atom is 0.123 e. The topological polar surface area (TPSA) is 12.0 Å². The maximum absolute atomic E-state index is 13.1. The van der Waals surface area contributed by atoms with Crippen LogP contribution < -0.4 is 5.32 Å². The molecule has 0 aromatic heterocycles. The zero-order valence-electron chi connectivity index (χ0n) is 7.10. The van der Waals surface area contributed by atoms with Gasteiger partial charge >= 0.3 is 0 Å². The molecule has 0 aliphatic carbocycles. The number of fused-ring (bicyclic) bond motifs is 1. The highest BCUT2D eigenvalue weighted by Gasteiger charge is 2.16. The van der Waals surface area contributed by atoms with Gasteiger partial charge < -0.3 is 5.32 Å². The molecule has 1 aliphatic rings. The van der Waals surface area contributed by atoms with E-state index < -0.39 is 6.17 Å². The molecule has 0 radical (unpaired) electrons. The van der Waals surface area contributed by atoms with Crippen LogP contribution in [0, 0.1) is 0 Å². The average Bonchev–Trinajstić information content (AvgIpc) is 2.49. The zero-order valence-corrected chi connectivity index (χ0v) is 7.10. The molecule has 64 valence electrons. The van der Waals surface area contributed by atoms with Crippen LogP contribution in [0.4, 0.5) is 10.1 Å². The summed E-state index contributed by atoms with van der Waals surface area (Å²) in [7, 11) is 0. The summed E-state index contributed by atoms with van der Waals surface area (Å²) in [6.45, 7) is 2.53. The second-order valence-electron chi connectivity index (χ2n) is 3.17. The van der Waals surface area contributed by atoms with Crippen molar-refractivity contribution in [1.29, 1.82) is 0 Å². The van der Waals surface area contributed by atoms with Crippen molar-refractivity contribution in [2.24, 2.45) is 0 Å². The van der Waals surface area contributed by atoms with Crippen LogP contribution in [-0.4, -0.2) is 6.54 Å². The van der Waals surface area contributed by atoms with Crippen molar-refractivity contribution in [2.45, 2.75) is 19.5 Å². The fourth-order valence-corrected chi connectivity index (χ4v) is 1.74. The highest BCUT2D eigenvalue weighted by atomic mass is 19.1. The number of halogens is 1. The lowest BCUT2D eigenvalue weighted by Crippen LogP contribution is -1.92. The summed E-state index contributed by atoms with van der Waals surface area (Å²) in [5.74, 6) is 0. The molecule has 2 heteroatoms. The van der Waals surface area contributed by atoms with Crippen LogP contribution in [0.15, 0.2) is 18.2 Å². The van der Waals surface area contributed by atoms with Gasteiger partial charge in [-0.1, -0.05) is 12.1 Å². The summed E-state index contributed by atoms with van der Waals surface area (Å²) in [6, 6.07) is 5.78. The molecule has 12 heavy (non-hydrogen) atoms. The van der Waals surface area contributed by atoms with Crippen molar-refractivity contribution >= 4 is 5.69 Å². The van der Waals surface area contributed by atoms with Gasteiger partial charge in [0.15, 0.2) is 0 Å². The second kappa shape index (κ2) is 2.77. The molecule has 0 fully saturated rings. The van der Waals surface area contributed by atoms with E-state index in [1.54, 1.807) is 6.92 Å². The molecule has 0 saturated heterocycles. The predicted octanol–water partition coefficient (Wildman–Crippen LogP) is 2.69. The Morgan fingerprint density at radius 3 is 3.08 bits per heavy atom. The van der Waals surface area contributed by atoms with E-state index in [1.165, 1.54) is 0 Å². The molecule has 1 aromatic carbocycles. The van der Waals surface area contributed by atoms with Gasteiger partial charge in [-0.15, -0.1) is 0 Å². The van der Waals surface area contributed by atoms with Gasteiger partial charge in [0, 0.05) is 12.2 Å². The van der Waals surface area contributed by atoms with Gasteiger partial charge in [-0.3, -0.25) is 0 Å². The summed E-state index contributed by atoms with van der Waals surface area (Å²) < 4.78 is 13.1. The Morgan fingerprint density at radius 1 is 1.50 bits per heavy atom. The molecule has 1 aromatic rings. The van der Waals surface area contributed by atoms with Crippen molar-refractivity contribution in [3.05, 3.63) is 29.3 Å². The monoisotopic (exact) mass is 165 g/mol. The Bertz CT molecular complexity index is 294. The first kappa shape index (κ1) is 7.59. The van der Waals surface area contributed by atoms with Gasteiger partial charge in [-0.25, -0.2) is 4.39 Å². The van der Waals surface area contributed by atoms with Crippen molar-refractivity contribution < 1.29 is 4.39 Å². The maximum atomic E-state index is 13.1. The summed E-state index contributed by atoms with van der Waals surface area (Å²) in [5.41, 5.74) is 3.11. The van der Waals surface area contributed by atoms with Crippen molar-refractivity contribution in [3.63, 3.8) is 0 Å². The Balaban J connectivity index is 2.49. The van der Waals surface area contributed by atoms with Gasteiger partial charge in [0.1, 0.15) is 6.17 Å². The highest BCUT2D eigenvalue weighted by Crippen LogP contribution is 2.30. The largest absolute Gasteiger partial charge is 0.384 e. The van der Waals surface area contributed by atoms with E-state index in [0.29, 0.717) is 0 Å². The number of benzene rings is 1. The van der Waals surface area contributed by atoms with Gasteiger partial charge in [-0.2, -0.15) is 0 Å². The standard InChI is InChI=1S/C10H12FN/c1-7(11)8-3-2-4-10-9(8)5-6-12-10/h2-4,7,12H,5-6H2,1H3. The molecular formula is C10H12FN. The minimum absolute atomic E-state index is 0.845. The predicted molar refractivity (Wildman–Crippen MR) is 48.2 cm³/mol. The lowest BCUT2D eigenvalue weighted by Gasteiger charge is -2.07. The van der Waals surface area contributed by atoms with E-state index in [2.05, 4.69) is 5.32 Å². The van der Waals surface area contributed by atoms with Crippen molar-refractivity contribution in [3.8, 4) is 0 Å². The van der Waals surface area contributed by atoms with E-state index in [0.717, 1.165) is 29.8 Å². The van der Waals surface area contributed by atoms with Crippen molar-refractivity contribution in [1.82, 2.24) is 0 Å². The molecule has 1 N–H and O–H groups in total. The molecule has 1 heterocycles. The molecule has 0 saturated carbocycles. The number of hydrogen-bond acceptors (Lipinski definition) is 1. The number of anilines is 1. The summed E-state index contributed by atoms with van der Waals surface area (Å²) in [5, 5.41) is 3.23. The summed E-state index contributed by atoms with van der Waals surface area (Å²) in [6.07, 6.45) is 0.111. The number of nitrogens with one attached hydrogen (secondary N) is 1.